The van der Waals surface area contributed by atoms with Gasteiger partial charge in [-0.25, -0.2) is 0 Å². The molecule has 2 aromatic rings. The maximum atomic E-state index is 12.6. The molecule has 0 aromatic heterocycles. The van der Waals surface area contributed by atoms with Gasteiger partial charge in [-0.15, -0.1) is 0 Å². The monoisotopic (exact) mass is 324 g/mol. The van der Waals surface area contributed by atoms with Crippen LogP contribution >= 0.6 is 0 Å². The number of aryl methyl sites for hydroxylation is 2. The first-order valence-electron chi connectivity index (χ1n) is 8.58. The lowest BCUT2D eigenvalue weighted by atomic mass is 9.95. The van der Waals surface area contributed by atoms with Crippen LogP contribution in [0.5, 0.6) is 0 Å². The van der Waals surface area contributed by atoms with Gasteiger partial charge in [0, 0.05) is 11.7 Å². The summed E-state index contributed by atoms with van der Waals surface area (Å²) < 4.78 is 0. The largest absolute Gasteiger partial charge is 0.324 e. The predicted molar refractivity (Wildman–Crippen MR) is 101 cm³/mol. The van der Waals surface area contributed by atoms with Gasteiger partial charge in [0.15, 0.2) is 0 Å². The van der Waals surface area contributed by atoms with E-state index in [9.17, 15) is 4.79 Å². The minimum atomic E-state index is -0.281. The van der Waals surface area contributed by atoms with Crippen molar-refractivity contribution in [2.75, 3.05) is 5.32 Å². The number of rotatable bonds is 6. The van der Waals surface area contributed by atoms with E-state index in [2.05, 4.69) is 36.6 Å². The van der Waals surface area contributed by atoms with Crippen LogP contribution in [0.15, 0.2) is 48.5 Å². The highest BCUT2D eigenvalue weighted by atomic mass is 16.2. The van der Waals surface area contributed by atoms with Crippen molar-refractivity contribution in [2.24, 2.45) is 5.92 Å². The summed E-state index contributed by atoms with van der Waals surface area (Å²) in [5, 5.41) is 6.55. The van der Waals surface area contributed by atoms with Gasteiger partial charge in [0.1, 0.15) is 0 Å². The lowest BCUT2D eigenvalue weighted by Gasteiger charge is -2.27. The van der Waals surface area contributed by atoms with Crippen LogP contribution in [0.3, 0.4) is 0 Å². The highest BCUT2D eigenvalue weighted by molar-refractivity contribution is 5.95. The van der Waals surface area contributed by atoms with Gasteiger partial charge in [-0.3, -0.25) is 10.1 Å². The molecule has 0 spiro atoms. The molecule has 24 heavy (non-hydrogen) atoms. The number of para-hydroxylation sites is 1. The van der Waals surface area contributed by atoms with Crippen LogP contribution in [-0.2, 0) is 4.79 Å². The Kier molecular flexibility index (Phi) is 6.16. The second-order valence-electron chi connectivity index (χ2n) is 6.78. The van der Waals surface area contributed by atoms with Crippen molar-refractivity contribution in [3.8, 4) is 0 Å². The van der Waals surface area contributed by atoms with E-state index in [0.29, 0.717) is 5.92 Å². The Morgan fingerprint density at radius 1 is 0.875 bits per heavy atom. The van der Waals surface area contributed by atoms with Crippen molar-refractivity contribution in [3.05, 3.63) is 65.2 Å². The van der Waals surface area contributed by atoms with Gasteiger partial charge < -0.3 is 5.32 Å². The van der Waals surface area contributed by atoms with Gasteiger partial charge in [-0.2, -0.15) is 0 Å². The molecule has 0 saturated carbocycles. The number of anilines is 1. The van der Waals surface area contributed by atoms with Crippen LogP contribution in [0.1, 0.15) is 43.5 Å². The maximum Gasteiger partial charge on any atom is 0.241 e. The summed E-state index contributed by atoms with van der Waals surface area (Å²) in [7, 11) is 0. The molecule has 2 atom stereocenters. The smallest absolute Gasteiger partial charge is 0.241 e. The number of hydrogen-bond donors (Lipinski definition) is 2. The quantitative estimate of drug-likeness (QED) is 0.814. The van der Waals surface area contributed by atoms with Gasteiger partial charge in [0.05, 0.1) is 6.04 Å². The normalized spacial score (nSPS) is 13.6. The highest BCUT2D eigenvalue weighted by Crippen LogP contribution is 2.23. The molecule has 0 fully saturated rings. The molecule has 0 aliphatic rings. The molecule has 1 amide bonds. The standard InChI is InChI=1S/C21H28N2O/c1-14(2)19(18-12-7-6-8-13-18)22-17(5)21(24)23-20-15(3)10-9-11-16(20)4/h6-14,17,19,22H,1-5H3,(H,23,24)/t17-,19+/m1/s1. The summed E-state index contributed by atoms with van der Waals surface area (Å²) in [6, 6.07) is 16.2. The van der Waals surface area contributed by atoms with E-state index in [1.54, 1.807) is 0 Å². The van der Waals surface area contributed by atoms with Crippen LogP contribution in [0.2, 0.25) is 0 Å². The lowest BCUT2D eigenvalue weighted by molar-refractivity contribution is -0.118. The van der Waals surface area contributed by atoms with E-state index < -0.39 is 0 Å². The third kappa shape index (κ3) is 4.45. The molecule has 2 aromatic carbocycles. The summed E-state index contributed by atoms with van der Waals surface area (Å²) >= 11 is 0. The molecule has 128 valence electrons. The second-order valence-corrected chi connectivity index (χ2v) is 6.78. The Balaban J connectivity index is 2.10. The van der Waals surface area contributed by atoms with Crippen LogP contribution in [-0.4, -0.2) is 11.9 Å². The van der Waals surface area contributed by atoms with Crippen molar-refractivity contribution in [1.82, 2.24) is 5.32 Å². The fourth-order valence-corrected chi connectivity index (χ4v) is 2.92. The fraction of sp³-hybridized carbons (Fsp3) is 0.381. The first kappa shape index (κ1) is 18.2. The zero-order valence-corrected chi connectivity index (χ0v) is 15.3. The molecular formula is C21H28N2O. The molecule has 0 heterocycles. The van der Waals surface area contributed by atoms with Gasteiger partial charge in [0.2, 0.25) is 5.91 Å². The minimum absolute atomic E-state index is 0.00557. The van der Waals surface area contributed by atoms with Crippen LogP contribution in [0.4, 0.5) is 5.69 Å². The Bertz CT molecular complexity index is 659. The molecule has 0 saturated heterocycles. The molecule has 0 aliphatic carbocycles. The lowest BCUT2D eigenvalue weighted by Crippen LogP contribution is -2.42. The average molecular weight is 324 g/mol. The van der Waals surface area contributed by atoms with Crippen molar-refractivity contribution in [3.63, 3.8) is 0 Å². The number of hydrogen-bond acceptors (Lipinski definition) is 2. The van der Waals surface area contributed by atoms with Crippen LogP contribution in [0.25, 0.3) is 0 Å². The first-order chi connectivity index (χ1) is 11.4. The Hall–Kier alpha value is -2.13. The van der Waals surface area contributed by atoms with E-state index in [1.807, 2.05) is 57.2 Å². The molecule has 0 bridgehead atoms. The molecule has 2 N–H and O–H groups in total. The summed E-state index contributed by atoms with van der Waals surface area (Å²) in [4.78, 5) is 12.6. The summed E-state index contributed by atoms with van der Waals surface area (Å²) in [6.07, 6.45) is 0. The van der Waals surface area contributed by atoms with E-state index in [1.165, 1.54) is 5.56 Å². The summed E-state index contributed by atoms with van der Waals surface area (Å²) in [5.41, 5.74) is 4.29. The van der Waals surface area contributed by atoms with E-state index in [4.69, 9.17) is 0 Å². The number of carbonyl (C=O) groups excluding carboxylic acids is 1. The Morgan fingerprint density at radius 2 is 1.46 bits per heavy atom. The highest BCUT2D eigenvalue weighted by Gasteiger charge is 2.22. The molecule has 0 radical (unpaired) electrons. The molecular weight excluding hydrogens is 296 g/mol. The molecule has 3 heteroatoms. The SMILES string of the molecule is Cc1cccc(C)c1NC(=O)[C@@H](C)N[C@H](c1ccccc1)C(C)C. The van der Waals surface area contributed by atoms with E-state index in [-0.39, 0.29) is 18.0 Å². The molecule has 3 nitrogen and oxygen atoms in total. The minimum Gasteiger partial charge on any atom is -0.324 e. The van der Waals surface area contributed by atoms with Crippen molar-refractivity contribution < 1.29 is 4.79 Å². The molecule has 0 unspecified atom stereocenters. The third-order valence-electron chi connectivity index (χ3n) is 4.38. The summed E-state index contributed by atoms with van der Waals surface area (Å²) in [5.74, 6) is 0.386. The van der Waals surface area contributed by atoms with Crippen LogP contribution in [0, 0.1) is 19.8 Å². The van der Waals surface area contributed by atoms with Gasteiger partial charge in [-0.05, 0) is 43.4 Å². The number of benzene rings is 2. The van der Waals surface area contributed by atoms with E-state index in [0.717, 1.165) is 16.8 Å². The van der Waals surface area contributed by atoms with Crippen LogP contribution < -0.4 is 10.6 Å². The fourth-order valence-electron chi connectivity index (χ4n) is 2.92. The predicted octanol–water partition coefficient (Wildman–Crippen LogP) is 4.62. The van der Waals surface area contributed by atoms with Crippen molar-refractivity contribution in [2.45, 2.75) is 46.7 Å². The average Bonchev–Trinajstić information content (AvgIpc) is 2.56. The molecule has 2 rings (SSSR count). The Morgan fingerprint density at radius 3 is 2.00 bits per heavy atom. The van der Waals surface area contributed by atoms with Gasteiger partial charge >= 0.3 is 0 Å². The Labute approximate surface area is 145 Å². The van der Waals surface area contributed by atoms with Crippen molar-refractivity contribution >= 4 is 11.6 Å². The first-order valence-corrected chi connectivity index (χ1v) is 8.58. The number of amides is 1. The van der Waals surface area contributed by atoms with Crippen molar-refractivity contribution in [1.29, 1.82) is 0 Å². The number of nitrogens with one attached hydrogen (secondary N) is 2. The zero-order chi connectivity index (χ0) is 17.7. The second kappa shape index (κ2) is 8.11. The summed E-state index contributed by atoms with van der Waals surface area (Å²) in [6.45, 7) is 10.3. The number of carbonyl (C=O) groups is 1. The maximum absolute atomic E-state index is 12.6. The molecule has 0 aliphatic heterocycles. The topological polar surface area (TPSA) is 41.1 Å². The van der Waals surface area contributed by atoms with Gasteiger partial charge in [-0.1, -0.05) is 62.4 Å². The van der Waals surface area contributed by atoms with E-state index >= 15 is 0 Å². The van der Waals surface area contributed by atoms with Gasteiger partial charge in [0.25, 0.3) is 0 Å². The zero-order valence-electron chi connectivity index (χ0n) is 15.3. The third-order valence-corrected chi connectivity index (χ3v) is 4.38.